The van der Waals surface area contributed by atoms with Gasteiger partial charge in [-0.05, 0) is 31.4 Å². The predicted molar refractivity (Wildman–Crippen MR) is 94.6 cm³/mol. The van der Waals surface area contributed by atoms with E-state index in [9.17, 15) is 0 Å². The summed E-state index contributed by atoms with van der Waals surface area (Å²) in [5, 5.41) is 12.5. The molecule has 4 rings (SSSR count). The molecule has 23 heavy (non-hydrogen) atoms. The third-order valence-electron chi connectivity index (χ3n) is 4.82. The molecule has 0 aliphatic heterocycles. The van der Waals surface area contributed by atoms with Crippen molar-refractivity contribution in [3.8, 4) is 11.3 Å². The molecule has 118 valence electrons. The van der Waals surface area contributed by atoms with E-state index in [4.69, 9.17) is 0 Å². The van der Waals surface area contributed by atoms with Crippen LogP contribution in [0.1, 0.15) is 37.7 Å². The maximum absolute atomic E-state index is 4.62. The first-order valence-electron chi connectivity index (χ1n) is 8.48. The molecule has 0 radical (unpaired) electrons. The zero-order chi connectivity index (χ0) is 15.6. The maximum Gasteiger partial charge on any atom is 0.137 e. The molecule has 1 saturated carbocycles. The van der Waals surface area contributed by atoms with Gasteiger partial charge in [0, 0.05) is 17.8 Å². The minimum atomic E-state index is 0.529. The molecule has 3 aromatic rings. The molecule has 4 heteroatoms. The number of fused-ring (bicyclic) bond motifs is 1. The number of hydrogen-bond acceptors (Lipinski definition) is 3. The Bertz CT molecular complexity index is 815. The molecule has 2 N–H and O–H groups in total. The Hall–Kier alpha value is -2.36. The molecule has 4 nitrogen and oxygen atoms in total. The predicted octanol–water partition coefficient (Wildman–Crippen LogP) is 4.68. The van der Waals surface area contributed by atoms with Crippen molar-refractivity contribution in [3.63, 3.8) is 0 Å². The SMILES string of the molecule is Cc1ccccc1-c1n[nH]c2ccnc(NC3CCCCC3)c12. The number of hydrogen-bond donors (Lipinski definition) is 2. The van der Waals surface area contributed by atoms with Gasteiger partial charge in [-0.25, -0.2) is 4.98 Å². The fourth-order valence-corrected chi connectivity index (χ4v) is 3.55. The van der Waals surface area contributed by atoms with Gasteiger partial charge in [0.05, 0.1) is 10.9 Å². The molecule has 0 spiro atoms. The van der Waals surface area contributed by atoms with E-state index in [1.54, 1.807) is 0 Å². The van der Waals surface area contributed by atoms with Gasteiger partial charge in [-0.1, -0.05) is 43.5 Å². The minimum Gasteiger partial charge on any atom is -0.367 e. The monoisotopic (exact) mass is 306 g/mol. The number of nitrogens with zero attached hydrogens (tertiary/aromatic N) is 2. The number of nitrogens with one attached hydrogen (secondary N) is 2. The van der Waals surface area contributed by atoms with Gasteiger partial charge in [0.2, 0.25) is 0 Å². The normalized spacial score (nSPS) is 15.9. The van der Waals surface area contributed by atoms with Gasteiger partial charge in [0.25, 0.3) is 0 Å². The van der Waals surface area contributed by atoms with Crippen molar-refractivity contribution in [2.75, 3.05) is 5.32 Å². The van der Waals surface area contributed by atoms with Crippen LogP contribution in [0.25, 0.3) is 22.2 Å². The Labute approximate surface area is 136 Å². The molecular formula is C19H22N4. The fourth-order valence-electron chi connectivity index (χ4n) is 3.55. The lowest BCUT2D eigenvalue weighted by Gasteiger charge is -2.23. The van der Waals surface area contributed by atoms with Crippen LogP contribution in [0.4, 0.5) is 5.82 Å². The van der Waals surface area contributed by atoms with Crippen LogP contribution in [0.5, 0.6) is 0 Å². The summed E-state index contributed by atoms with van der Waals surface area (Å²) in [6, 6.07) is 10.9. The number of aryl methyl sites for hydroxylation is 1. The second kappa shape index (κ2) is 6.03. The molecule has 1 aromatic carbocycles. The molecule has 1 aliphatic carbocycles. The molecule has 0 atom stereocenters. The van der Waals surface area contributed by atoms with Crippen LogP contribution < -0.4 is 5.32 Å². The van der Waals surface area contributed by atoms with Crippen molar-refractivity contribution in [1.82, 2.24) is 15.2 Å². The van der Waals surface area contributed by atoms with Crippen molar-refractivity contribution in [1.29, 1.82) is 0 Å². The van der Waals surface area contributed by atoms with Gasteiger partial charge in [-0.15, -0.1) is 0 Å². The number of aromatic nitrogens is 3. The van der Waals surface area contributed by atoms with Crippen molar-refractivity contribution < 1.29 is 0 Å². The quantitative estimate of drug-likeness (QED) is 0.739. The van der Waals surface area contributed by atoms with E-state index >= 15 is 0 Å². The lowest BCUT2D eigenvalue weighted by Crippen LogP contribution is -2.22. The average molecular weight is 306 g/mol. The first-order valence-corrected chi connectivity index (χ1v) is 8.48. The number of rotatable bonds is 3. The Balaban J connectivity index is 1.79. The Morgan fingerprint density at radius 2 is 1.91 bits per heavy atom. The van der Waals surface area contributed by atoms with Gasteiger partial charge in [-0.3, -0.25) is 5.10 Å². The standard InChI is InChI=1S/C19H22N4/c1-13-7-5-6-10-15(13)18-17-16(22-23-18)11-12-20-19(17)21-14-8-3-2-4-9-14/h5-7,10-12,14H,2-4,8-9H2,1H3,(H,20,21)(H,22,23). The number of aromatic amines is 1. The molecular weight excluding hydrogens is 284 g/mol. The van der Waals surface area contributed by atoms with Crippen LogP contribution in [0.15, 0.2) is 36.5 Å². The summed E-state index contributed by atoms with van der Waals surface area (Å²) in [6.07, 6.45) is 8.29. The highest BCUT2D eigenvalue weighted by Crippen LogP contribution is 2.33. The van der Waals surface area contributed by atoms with Crippen molar-refractivity contribution >= 4 is 16.7 Å². The van der Waals surface area contributed by atoms with E-state index in [1.165, 1.54) is 43.2 Å². The van der Waals surface area contributed by atoms with E-state index in [0.29, 0.717) is 6.04 Å². The molecule has 2 heterocycles. The molecule has 1 fully saturated rings. The highest BCUT2D eigenvalue weighted by Gasteiger charge is 2.18. The summed E-state index contributed by atoms with van der Waals surface area (Å²) in [5.74, 6) is 0.960. The summed E-state index contributed by atoms with van der Waals surface area (Å²) in [7, 11) is 0. The fraction of sp³-hybridized carbons (Fsp3) is 0.368. The average Bonchev–Trinajstić information content (AvgIpc) is 3.01. The summed E-state index contributed by atoms with van der Waals surface area (Å²) >= 11 is 0. The largest absolute Gasteiger partial charge is 0.367 e. The zero-order valence-corrected chi connectivity index (χ0v) is 13.5. The van der Waals surface area contributed by atoms with Crippen LogP contribution in [0, 0.1) is 6.92 Å². The summed E-state index contributed by atoms with van der Waals surface area (Å²) in [4.78, 5) is 4.62. The van der Waals surface area contributed by atoms with E-state index in [2.05, 4.69) is 51.7 Å². The van der Waals surface area contributed by atoms with Crippen LogP contribution in [0.2, 0.25) is 0 Å². The molecule has 0 unspecified atom stereocenters. The Kier molecular flexibility index (Phi) is 3.74. The second-order valence-electron chi connectivity index (χ2n) is 6.45. The van der Waals surface area contributed by atoms with Crippen molar-refractivity contribution in [2.45, 2.75) is 45.1 Å². The van der Waals surface area contributed by atoms with Crippen LogP contribution in [-0.2, 0) is 0 Å². The van der Waals surface area contributed by atoms with Gasteiger partial charge < -0.3 is 5.32 Å². The third kappa shape index (κ3) is 2.69. The summed E-state index contributed by atoms with van der Waals surface area (Å²) in [5.41, 5.74) is 4.42. The van der Waals surface area contributed by atoms with Gasteiger partial charge in [0.1, 0.15) is 11.5 Å². The highest BCUT2D eigenvalue weighted by atomic mass is 15.1. The lowest BCUT2D eigenvalue weighted by molar-refractivity contribution is 0.462. The van der Waals surface area contributed by atoms with Gasteiger partial charge in [0.15, 0.2) is 0 Å². The van der Waals surface area contributed by atoms with Crippen LogP contribution in [0.3, 0.4) is 0 Å². The number of benzene rings is 1. The van der Waals surface area contributed by atoms with E-state index in [0.717, 1.165) is 22.4 Å². The topological polar surface area (TPSA) is 53.6 Å². The van der Waals surface area contributed by atoms with Crippen LogP contribution >= 0.6 is 0 Å². The van der Waals surface area contributed by atoms with E-state index in [1.807, 2.05) is 12.3 Å². The number of anilines is 1. The first-order chi connectivity index (χ1) is 11.3. The van der Waals surface area contributed by atoms with Crippen molar-refractivity contribution in [2.24, 2.45) is 0 Å². The third-order valence-corrected chi connectivity index (χ3v) is 4.82. The van der Waals surface area contributed by atoms with Crippen LogP contribution in [-0.4, -0.2) is 21.2 Å². The summed E-state index contributed by atoms with van der Waals surface area (Å²) in [6.45, 7) is 2.13. The maximum atomic E-state index is 4.62. The number of H-pyrrole nitrogens is 1. The van der Waals surface area contributed by atoms with Crippen molar-refractivity contribution in [3.05, 3.63) is 42.1 Å². The molecule has 0 amide bonds. The second-order valence-corrected chi connectivity index (χ2v) is 6.45. The van der Waals surface area contributed by atoms with Gasteiger partial charge >= 0.3 is 0 Å². The first kappa shape index (κ1) is 14.2. The zero-order valence-electron chi connectivity index (χ0n) is 13.5. The smallest absolute Gasteiger partial charge is 0.137 e. The van der Waals surface area contributed by atoms with E-state index < -0.39 is 0 Å². The van der Waals surface area contributed by atoms with E-state index in [-0.39, 0.29) is 0 Å². The van der Waals surface area contributed by atoms with Gasteiger partial charge in [-0.2, -0.15) is 5.10 Å². The lowest BCUT2D eigenvalue weighted by atomic mass is 9.95. The molecule has 2 aromatic heterocycles. The molecule has 0 saturated heterocycles. The highest BCUT2D eigenvalue weighted by molar-refractivity contribution is 6.00. The Morgan fingerprint density at radius 1 is 1.09 bits per heavy atom. The summed E-state index contributed by atoms with van der Waals surface area (Å²) < 4.78 is 0. The number of pyridine rings is 1. The molecule has 1 aliphatic rings. The molecule has 0 bridgehead atoms. The minimum absolute atomic E-state index is 0.529. The Morgan fingerprint density at radius 3 is 2.74 bits per heavy atom.